The van der Waals surface area contributed by atoms with Crippen LogP contribution in [0.25, 0.3) is 10.9 Å². The second-order valence-corrected chi connectivity index (χ2v) is 2.98. The fourth-order valence-corrected chi connectivity index (χ4v) is 1.48. The number of hydrogen-bond acceptors (Lipinski definition) is 1. The monoisotopic (exact) mass is 209 g/mol. The molecule has 0 bridgehead atoms. The van der Waals surface area contributed by atoms with Crippen molar-refractivity contribution in [2.24, 2.45) is 0 Å². The van der Waals surface area contributed by atoms with E-state index in [0.29, 0.717) is 5.39 Å². The van der Waals surface area contributed by atoms with Gasteiger partial charge >= 0.3 is 0 Å². The Bertz CT molecular complexity index is 448. The number of hydrogen-bond donors (Lipinski definition) is 1. The number of halogens is 1. The van der Waals surface area contributed by atoms with Crippen molar-refractivity contribution in [3.05, 3.63) is 29.7 Å². The maximum atomic E-state index is 13.6. The maximum Gasteiger partial charge on any atom is 0.174 e. The summed E-state index contributed by atoms with van der Waals surface area (Å²) in [5.74, 6) is -0.00560. The Hall–Kier alpha value is -1.51. The summed E-state index contributed by atoms with van der Waals surface area (Å²) in [4.78, 5) is 2.98. The molecular weight excluding hydrogens is 193 g/mol. The quantitative estimate of drug-likeness (QED) is 0.761. The fourth-order valence-electron chi connectivity index (χ4n) is 1.48. The Morgan fingerprint density at radius 1 is 1.27 bits per heavy atom. The number of rotatable bonds is 1. The molecule has 1 N–H and O–H groups in total. The van der Waals surface area contributed by atoms with Gasteiger partial charge in [0.2, 0.25) is 0 Å². The number of methoxy groups -OCH3 is 1. The van der Waals surface area contributed by atoms with Gasteiger partial charge in [0, 0.05) is 17.1 Å². The average Bonchev–Trinajstić information content (AvgIpc) is 2.65. The van der Waals surface area contributed by atoms with Gasteiger partial charge in [0.15, 0.2) is 11.6 Å². The molecule has 0 aliphatic heterocycles. The van der Waals surface area contributed by atoms with Crippen LogP contribution >= 0.6 is 0 Å². The molecule has 0 fully saturated rings. The zero-order chi connectivity index (χ0) is 11.4. The normalized spacial score (nSPS) is 9.67. The summed E-state index contributed by atoms with van der Waals surface area (Å²) in [5.41, 5.74) is 1.70. The number of aromatic nitrogens is 1. The molecule has 0 aliphatic carbocycles. The van der Waals surface area contributed by atoms with Gasteiger partial charge in [-0.2, -0.15) is 0 Å². The van der Waals surface area contributed by atoms with Gasteiger partial charge in [-0.3, -0.25) is 0 Å². The van der Waals surface area contributed by atoms with Crippen molar-refractivity contribution in [2.75, 3.05) is 7.11 Å². The first-order chi connectivity index (χ1) is 7.24. The second kappa shape index (κ2) is 4.82. The van der Waals surface area contributed by atoms with Crippen molar-refractivity contribution >= 4 is 10.9 Å². The number of nitrogens with one attached hydrogen (secondary N) is 1. The number of H-pyrrole nitrogens is 1. The smallest absolute Gasteiger partial charge is 0.174 e. The summed E-state index contributed by atoms with van der Waals surface area (Å²) < 4.78 is 18.5. The zero-order valence-electron chi connectivity index (χ0n) is 9.52. The largest absolute Gasteiger partial charge is 0.494 e. The van der Waals surface area contributed by atoms with E-state index in [0.717, 1.165) is 11.1 Å². The van der Waals surface area contributed by atoms with E-state index < -0.39 is 0 Å². The lowest BCUT2D eigenvalue weighted by Gasteiger charge is -2.02. The molecule has 82 valence electrons. The summed E-state index contributed by atoms with van der Waals surface area (Å²) in [6.45, 7) is 5.86. The third-order valence-electron chi connectivity index (χ3n) is 2.16. The van der Waals surface area contributed by atoms with Crippen LogP contribution in [0.15, 0.2) is 18.3 Å². The predicted octanol–water partition coefficient (Wildman–Crippen LogP) is 3.65. The molecule has 1 aromatic heterocycles. The molecule has 0 spiro atoms. The Morgan fingerprint density at radius 2 is 1.93 bits per heavy atom. The van der Waals surface area contributed by atoms with Crippen molar-refractivity contribution in [2.45, 2.75) is 20.8 Å². The van der Waals surface area contributed by atoms with E-state index in [-0.39, 0.29) is 11.6 Å². The van der Waals surface area contributed by atoms with Crippen molar-refractivity contribution in [1.82, 2.24) is 4.98 Å². The fraction of sp³-hybridized carbons (Fsp3) is 0.333. The summed E-state index contributed by atoms with van der Waals surface area (Å²) in [5, 5.41) is 0.611. The molecule has 0 radical (unpaired) electrons. The van der Waals surface area contributed by atoms with Crippen molar-refractivity contribution in [3.8, 4) is 5.75 Å². The van der Waals surface area contributed by atoms with Crippen molar-refractivity contribution < 1.29 is 9.13 Å². The molecule has 0 atom stereocenters. The van der Waals surface area contributed by atoms with Crippen LogP contribution in [0, 0.1) is 12.7 Å². The van der Waals surface area contributed by atoms with Crippen LogP contribution in [-0.2, 0) is 0 Å². The third-order valence-corrected chi connectivity index (χ3v) is 2.16. The third kappa shape index (κ3) is 1.96. The second-order valence-electron chi connectivity index (χ2n) is 2.98. The summed E-state index contributed by atoms with van der Waals surface area (Å²) in [6.07, 6.45) is 1.78. The van der Waals surface area contributed by atoms with Gasteiger partial charge < -0.3 is 9.72 Å². The minimum Gasteiger partial charge on any atom is -0.494 e. The Labute approximate surface area is 89.1 Å². The molecule has 2 aromatic rings. The summed E-state index contributed by atoms with van der Waals surface area (Å²) in [7, 11) is 1.46. The SMILES string of the molecule is CC.COc1ccc2[nH]cc(C)c2c1F. The van der Waals surface area contributed by atoms with Crippen molar-refractivity contribution in [1.29, 1.82) is 0 Å². The van der Waals surface area contributed by atoms with Gasteiger partial charge in [-0.05, 0) is 24.6 Å². The van der Waals surface area contributed by atoms with Crippen LogP contribution in [0.5, 0.6) is 5.75 Å². The molecule has 0 aliphatic rings. The number of aryl methyl sites for hydroxylation is 1. The lowest BCUT2D eigenvalue weighted by Crippen LogP contribution is -1.88. The molecule has 1 aromatic carbocycles. The molecule has 3 heteroatoms. The molecule has 2 nitrogen and oxygen atoms in total. The van der Waals surface area contributed by atoms with E-state index in [2.05, 4.69) is 4.98 Å². The van der Waals surface area contributed by atoms with Crippen LogP contribution in [0.3, 0.4) is 0 Å². The summed E-state index contributed by atoms with van der Waals surface area (Å²) in [6, 6.07) is 3.43. The van der Waals surface area contributed by atoms with Crippen LogP contribution in [0.1, 0.15) is 19.4 Å². The highest BCUT2D eigenvalue weighted by molar-refractivity contribution is 5.85. The lowest BCUT2D eigenvalue weighted by atomic mass is 10.2. The van der Waals surface area contributed by atoms with Gasteiger partial charge in [-0.25, -0.2) is 4.39 Å². The van der Waals surface area contributed by atoms with Gasteiger partial charge in [0.05, 0.1) is 7.11 Å². The minimum atomic E-state index is -0.293. The first kappa shape index (κ1) is 11.6. The first-order valence-electron chi connectivity index (χ1n) is 5.04. The molecule has 1 heterocycles. The Morgan fingerprint density at radius 3 is 2.53 bits per heavy atom. The van der Waals surface area contributed by atoms with Crippen LogP contribution in [0.4, 0.5) is 4.39 Å². The zero-order valence-corrected chi connectivity index (χ0v) is 9.52. The molecule has 0 saturated carbocycles. The number of aromatic amines is 1. The first-order valence-corrected chi connectivity index (χ1v) is 5.04. The van der Waals surface area contributed by atoms with E-state index in [1.54, 1.807) is 12.3 Å². The van der Waals surface area contributed by atoms with E-state index in [4.69, 9.17) is 4.74 Å². The average molecular weight is 209 g/mol. The van der Waals surface area contributed by atoms with E-state index >= 15 is 0 Å². The van der Waals surface area contributed by atoms with Crippen LogP contribution in [-0.4, -0.2) is 12.1 Å². The molecule has 0 amide bonds. The highest BCUT2D eigenvalue weighted by Gasteiger charge is 2.10. The molecule has 2 rings (SSSR count). The van der Waals surface area contributed by atoms with Crippen LogP contribution in [0.2, 0.25) is 0 Å². The van der Waals surface area contributed by atoms with E-state index in [1.165, 1.54) is 7.11 Å². The van der Waals surface area contributed by atoms with E-state index in [1.807, 2.05) is 26.8 Å². The highest BCUT2D eigenvalue weighted by atomic mass is 19.1. The summed E-state index contributed by atoms with van der Waals surface area (Å²) >= 11 is 0. The van der Waals surface area contributed by atoms with Gasteiger partial charge in [0.1, 0.15) is 0 Å². The standard InChI is InChI=1S/C10H10FNO.C2H6/c1-6-5-12-7-3-4-8(13-2)10(11)9(6)7;1-2/h3-5,12H,1-2H3;1-2H3. The van der Waals surface area contributed by atoms with Crippen molar-refractivity contribution in [3.63, 3.8) is 0 Å². The minimum absolute atomic E-state index is 0.287. The van der Waals surface area contributed by atoms with Gasteiger partial charge in [-0.1, -0.05) is 13.8 Å². The topological polar surface area (TPSA) is 25.0 Å². The number of ether oxygens (including phenoxy) is 1. The maximum absolute atomic E-state index is 13.6. The molecular formula is C12H16FNO. The molecule has 0 unspecified atom stereocenters. The lowest BCUT2D eigenvalue weighted by molar-refractivity contribution is 0.389. The Balaban J connectivity index is 0.000000531. The Kier molecular flexibility index (Phi) is 3.72. The predicted molar refractivity (Wildman–Crippen MR) is 60.9 cm³/mol. The molecule has 0 saturated heterocycles. The molecule has 15 heavy (non-hydrogen) atoms. The van der Waals surface area contributed by atoms with Gasteiger partial charge in [0.25, 0.3) is 0 Å². The van der Waals surface area contributed by atoms with Gasteiger partial charge in [-0.15, -0.1) is 0 Å². The van der Waals surface area contributed by atoms with Crippen LogP contribution < -0.4 is 4.74 Å². The highest BCUT2D eigenvalue weighted by Crippen LogP contribution is 2.27. The van der Waals surface area contributed by atoms with E-state index in [9.17, 15) is 4.39 Å². The number of benzene rings is 1. The number of fused-ring (bicyclic) bond motifs is 1.